The van der Waals surface area contributed by atoms with E-state index in [1.54, 1.807) is 12.3 Å². The fraction of sp³-hybridized carbons (Fsp3) is 0.462. The summed E-state index contributed by atoms with van der Waals surface area (Å²) in [5.74, 6) is -0.135. The molecule has 6 heteroatoms. The predicted molar refractivity (Wildman–Crippen MR) is 75.6 cm³/mol. The molecule has 0 amide bonds. The average Bonchev–Trinajstić information content (AvgIpc) is 2.37. The van der Waals surface area contributed by atoms with E-state index in [1.807, 2.05) is 26.8 Å². The van der Waals surface area contributed by atoms with Crippen LogP contribution in [-0.2, 0) is 0 Å². The second-order valence-electron chi connectivity index (χ2n) is 4.46. The quantitative estimate of drug-likeness (QED) is 0.494. The molecule has 2 unspecified atom stereocenters. The number of nitrogens with one attached hydrogen (secondary N) is 1. The van der Waals surface area contributed by atoms with Crippen LogP contribution in [0, 0.1) is 10.1 Å². The summed E-state index contributed by atoms with van der Waals surface area (Å²) in [7, 11) is 0. The lowest BCUT2D eigenvalue weighted by Crippen LogP contribution is -2.28. The molecule has 0 aliphatic rings. The fourth-order valence-electron chi connectivity index (χ4n) is 1.60. The van der Waals surface area contributed by atoms with Gasteiger partial charge in [-0.2, -0.15) is 0 Å². The van der Waals surface area contributed by atoms with Crippen molar-refractivity contribution in [3.05, 3.63) is 51.1 Å². The molecular weight excluding hydrogens is 266 g/mol. The van der Waals surface area contributed by atoms with E-state index in [0.29, 0.717) is 10.9 Å². The van der Waals surface area contributed by atoms with Crippen LogP contribution < -0.4 is 5.32 Å². The smallest absolute Gasteiger partial charge is 0.253 e. The molecule has 1 aromatic heterocycles. The first-order chi connectivity index (χ1) is 8.93. The molecule has 0 radical (unpaired) electrons. The molecule has 0 saturated carbocycles. The van der Waals surface area contributed by atoms with Gasteiger partial charge in [0.2, 0.25) is 0 Å². The number of hydrogen-bond donors (Lipinski definition) is 1. The second-order valence-corrected chi connectivity index (χ2v) is 4.85. The second kappa shape index (κ2) is 7.09. The van der Waals surface area contributed by atoms with Crippen LogP contribution in [0.15, 0.2) is 30.2 Å². The maximum atomic E-state index is 10.7. The van der Waals surface area contributed by atoms with E-state index in [1.165, 1.54) is 0 Å². The maximum Gasteiger partial charge on any atom is 0.253 e. The molecule has 1 aromatic rings. The Hall–Kier alpha value is -1.62. The summed E-state index contributed by atoms with van der Waals surface area (Å²) in [6, 6.07) is 3.68. The number of rotatable bonds is 6. The Balaban J connectivity index is 2.97. The maximum absolute atomic E-state index is 10.7. The van der Waals surface area contributed by atoms with Gasteiger partial charge >= 0.3 is 0 Å². The minimum absolute atomic E-state index is 0.135. The highest BCUT2D eigenvalue weighted by Gasteiger charge is 2.17. The molecule has 0 bridgehead atoms. The summed E-state index contributed by atoms with van der Waals surface area (Å²) in [5.41, 5.74) is 1.46. The van der Waals surface area contributed by atoms with E-state index in [0.717, 1.165) is 18.2 Å². The number of allylic oxidation sites excluding steroid dienone is 1. The fourth-order valence-corrected chi connectivity index (χ4v) is 1.71. The van der Waals surface area contributed by atoms with Crippen molar-refractivity contribution >= 4 is 11.6 Å². The third-order valence-corrected chi connectivity index (χ3v) is 3.21. The standard InChI is InChI=1S/C13H18ClN3O2/c1-4-9(2)16-12(8-17(18)19)10(3)11-5-6-13(14)15-7-11/h5-10,16H,4H2,1-3H3. The van der Waals surface area contributed by atoms with Gasteiger partial charge in [-0.25, -0.2) is 4.98 Å². The third-order valence-electron chi connectivity index (χ3n) is 2.99. The van der Waals surface area contributed by atoms with Crippen LogP contribution in [0.1, 0.15) is 38.7 Å². The van der Waals surface area contributed by atoms with E-state index >= 15 is 0 Å². The Morgan fingerprint density at radius 3 is 2.74 bits per heavy atom. The van der Waals surface area contributed by atoms with Crippen molar-refractivity contribution in [2.24, 2.45) is 0 Å². The molecule has 0 aliphatic heterocycles. The highest BCUT2D eigenvalue weighted by molar-refractivity contribution is 6.29. The van der Waals surface area contributed by atoms with Crippen molar-refractivity contribution in [1.29, 1.82) is 0 Å². The summed E-state index contributed by atoms with van der Waals surface area (Å²) >= 11 is 5.74. The Morgan fingerprint density at radius 1 is 1.58 bits per heavy atom. The summed E-state index contributed by atoms with van der Waals surface area (Å²) < 4.78 is 0. The normalized spacial score (nSPS) is 14.8. The van der Waals surface area contributed by atoms with E-state index in [4.69, 9.17) is 11.6 Å². The van der Waals surface area contributed by atoms with Crippen molar-refractivity contribution in [2.75, 3.05) is 0 Å². The first-order valence-electron chi connectivity index (χ1n) is 6.17. The van der Waals surface area contributed by atoms with Gasteiger partial charge in [0.05, 0.1) is 10.6 Å². The summed E-state index contributed by atoms with van der Waals surface area (Å²) in [6.07, 6.45) is 3.55. The lowest BCUT2D eigenvalue weighted by atomic mass is 9.99. The van der Waals surface area contributed by atoms with Crippen LogP contribution in [0.5, 0.6) is 0 Å². The van der Waals surface area contributed by atoms with Gasteiger partial charge in [-0.3, -0.25) is 10.1 Å². The zero-order chi connectivity index (χ0) is 14.4. The zero-order valence-electron chi connectivity index (χ0n) is 11.3. The predicted octanol–water partition coefficient (Wildman–Crippen LogP) is 3.34. The van der Waals surface area contributed by atoms with Crippen LogP contribution in [0.2, 0.25) is 5.15 Å². The van der Waals surface area contributed by atoms with E-state index in [9.17, 15) is 10.1 Å². The highest BCUT2D eigenvalue weighted by atomic mass is 35.5. The summed E-state index contributed by atoms with van der Waals surface area (Å²) in [6.45, 7) is 5.91. The number of nitro groups is 1. The Morgan fingerprint density at radius 2 is 2.26 bits per heavy atom. The zero-order valence-corrected chi connectivity index (χ0v) is 12.0. The van der Waals surface area contributed by atoms with Gasteiger partial charge < -0.3 is 5.32 Å². The van der Waals surface area contributed by atoms with Crippen molar-refractivity contribution in [1.82, 2.24) is 10.3 Å². The Bertz CT molecular complexity index is 459. The molecular formula is C13H18ClN3O2. The number of halogens is 1. The molecule has 1 heterocycles. The molecule has 0 aliphatic carbocycles. The molecule has 0 fully saturated rings. The molecule has 5 nitrogen and oxygen atoms in total. The molecule has 0 spiro atoms. The minimum Gasteiger partial charge on any atom is -0.380 e. The largest absolute Gasteiger partial charge is 0.380 e. The van der Waals surface area contributed by atoms with Gasteiger partial charge in [0, 0.05) is 18.2 Å². The SMILES string of the molecule is CCC(C)NC(=C[N+](=O)[O-])C(C)c1ccc(Cl)nc1. The van der Waals surface area contributed by atoms with Gasteiger partial charge in [0.1, 0.15) is 5.15 Å². The van der Waals surface area contributed by atoms with Crippen molar-refractivity contribution in [3.63, 3.8) is 0 Å². The van der Waals surface area contributed by atoms with Crippen molar-refractivity contribution in [2.45, 2.75) is 39.2 Å². The molecule has 1 N–H and O–H groups in total. The highest BCUT2D eigenvalue weighted by Crippen LogP contribution is 2.23. The molecule has 19 heavy (non-hydrogen) atoms. The monoisotopic (exact) mass is 283 g/mol. The first kappa shape index (κ1) is 15.4. The van der Waals surface area contributed by atoms with Crippen LogP contribution in [0.25, 0.3) is 0 Å². The van der Waals surface area contributed by atoms with Gasteiger partial charge in [0.15, 0.2) is 0 Å². The van der Waals surface area contributed by atoms with Gasteiger partial charge in [-0.15, -0.1) is 0 Å². The minimum atomic E-state index is -0.440. The molecule has 104 valence electrons. The van der Waals surface area contributed by atoms with Crippen LogP contribution in [-0.4, -0.2) is 15.9 Å². The summed E-state index contributed by atoms with van der Waals surface area (Å²) in [4.78, 5) is 14.3. The molecule has 0 aromatic carbocycles. The molecule has 2 atom stereocenters. The van der Waals surface area contributed by atoms with Crippen LogP contribution >= 0.6 is 11.6 Å². The topological polar surface area (TPSA) is 68.1 Å². The third kappa shape index (κ3) is 4.87. The number of hydrogen-bond acceptors (Lipinski definition) is 4. The van der Waals surface area contributed by atoms with E-state index in [2.05, 4.69) is 10.3 Å². The van der Waals surface area contributed by atoms with Crippen LogP contribution in [0.4, 0.5) is 0 Å². The van der Waals surface area contributed by atoms with Crippen LogP contribution in [0.3, 0.4) is 0 Å². The van der Waals surface area contributed by atoms with E-state index < -0.39 is 4.92 Å². The Kier molecular flexibility index (Phi) is 5.76. The lowest BCUT2D eigenvalue weighted by molar-refractivity contribution is -0.404. The van der Waals surface area contributed by atoms with E-state index in [-0.39, 0.29) is 12.0 Å². The Labute approximate surface area is 117 Å². The van der Waals surface area contributed by atoms with Gasteiger partial charge in [0.25, 0.3) is 6.20 Å². The molecule has 1 rings (SSSR count). The van der Waals surface area contributed by atoms with Crippen molar-refractivity contribution < 1.29 is 4.92 Å². The van der Waals surface area contributed by atoms with Crippen molar-refractivity contribution in [3.8, 4) is 0 Å². The first-order valence-corrected chi connectivity index (χ1v) is 6.55. The number of nitrogens with zero attached hydrogens (tertiary/aromatic N) is 2. The van der Waals surface area contributed by atoms with Gasteiger partial charge in [-0.1, -0.05) is 31.5 Å². The summed E-state index contributed by atoms with van der Waals surface area (Å²) in [5, 5.41) is 14.3. The lowest BCUT2D eigenvalue weighted by Gasteiger charge is -2.20. The molecule has 0 saturated heterocycles. The number of pyridine rings is 1. The number of aromatic nitrogens is 1. The average molecular weight is 284 g/mol. The van der Waals surface area contributed by atoms with Gasteiger partial charge in [-0.05, 0) is 25.0 Å².